The van der Waals surface area contributed by atoms with Crippen LogP contribution in [0.3, 0.4) is 0 Å². The van der Waals surface area contributed by atoms with Crippen molar-refractivity contribution in [1.29, 1.82) is 0 Å². The first kappa shape index (κ1) is 12.7. The minimum atomic E-state index is -4.33. The molecule has 0 bridgehead atoms. The molecule has 19 heavy (non-hydrogen) atoms. The molecule has 0 amide bonds. The summed E-state index contributed by atoms with van der Waals surface area (Å²) in [4.78, 5) is 1.77. The van der Waals surface area contributed by atoms with E-state index in [0.717, 1.165) is 12.6 Å². The zero-order valence-electron chi connectivity index (χ0n) is 10.4. The Morgan fingerprint density at radius 1 is 1.32 bits per heavy atom. The fourth-order valence-corrected chi connectivity index (χ4v) is 3.12. The van der Waals surface area contributed by atoms with Gasteiger partial charge in [-0.2, -0.15) is 13.2 Å². The summed E-state index contributed by atoms with van der Waals surface area (Å²) in [6, 6.07) is 5.72. The van der Waals surface area contributed by atoms with Gasteiger partial charge in [-0.05, 0) is 12.1 Å². The van der Waals surface area contributed by atoms with E-state index in [-0.39, 0.29) is 11.6 Å². The molecule has 3 N–H and O–H groups in total. The van der Waals surface area contributed by atoms with Gasteiger partial charge in [0.1, 0.15) is 0 Å². The summed E-state index contributed by atoms with van der Waals surface area (Å²) >= 11 is 0. The Morgan fingerprint density at radius 2 is 2.05 bits per heavy atom. The Morgan fingerprint density at radius 3 is 2.74 bits per heavy atom. The summed E-state index contributed by atoms with van der Waals surface area (Å²) < 4.78 is 39.1. The Kier molecular flexibility index (Phi) is 2.76. The van der Waals surface area contributed by atoms with Crippen LogP contribution in [0.1, 0.15) is 5.56 Å². The number of para-hydroxylation sites is 1. The highest BCUT2D eigenvalue weighted by atomic mass is 19.4. The number of alkyl halides is 3. The van der Waals surface area contributed by atoms with Gasteiger partial charge < -0.3 is 16.0 Å². The maximum Gasteiger partial charge on any atom is 0.418 e. The van der Waals surface area contributed by atoms with Crippen LogP contribution < -0.4 is 16.0 Å². The normalized spacial score (nSPS) is 30.7. The van der Waals surface area contributed by atoms with Crippen LogP contribution in [0.2, 0.25) is 0 Å². The summed E-state index contributed by atoms with van der Waals surface area (Å²) in [5.41, 5.74) is 5.53. The molecule has 2 heterocycles. The molecule has 2 fully saturated rings. The lowest BCUT2D eigenvalue weighted by atomic mass is 9.92. The van der Waals surface area contributed by atoms with Crippen LogP contribution in [0.4, 0.5) is 18.9 Å². The van der Waals surface area contributed by atoms with Gasteiger partial charge in [0.25, 0.3) is 0 Å². The van der Waals surface area contributed by atoms with Gasteiger partial charge in [0.15, 0.2) is 0 Å². The van der Waals surface area contributed by atoms with Crippen LogP contribution in [0.15, 0.2) is 24.3 Å². The standard InChI is InChI=1S/C13H16F3N3/c14-13(15,16)10-3-1-2-4-11(10)19-6-9-5-18-7-12(9,17)8-19/h1-4,9,18H,5-8,17H2/t9-,12-/m0/s1. The van der Waals surface area contributed by atoms with Gasteiger partial charge in [0.2, 0.25) is 0 Å². The summed E-state index contributed by atoms with van der Waals surface area (Å²) in [6.45, 7) is 2.50. The smallest absolute Gasteiger partial charge is 0.369 e. The number of nitrogens with two attached hydrogens (primary N) is 1. The van der Waals surface area contributed by atoms with E-state index in [2.05, 4.69) is 5.32 Å². The van der Waals surface area contributed by atoms with E-state index in [1.807, 2.05) is 0 Å². The first-order chi connectivity index (χ1) is 8.90. The van der Waals surface area contributed by atoms with E-state index in [1.165, 1.54) is 12.1 Å². The van der Waals surface area contributed by atoms with Crippen molar-refractivity contribution in [2.24, 2.45) is 11.7 Å². The highest BCUT2D eigenvalue weighted by molar-refractivity contribution is 5.57. The van der Waals surface area contributed by atoms with Gasteiger partial charge in [0.05, 0.1) is 11.1 Å². The number of halogens is 3. The van der Waals surface area contributed by atoms with Gasteiger partial charge in [-0.3, -0.25) is 0 Å². The van der Waals surface area contributed by atoms with E-state index < -0.39 is 17.3 Å². The van der Waals surface area contributed by atoms with Crippen molar-refractivity contribution < 1.29 is 13.2 Å². The molecular weight excluding hydrogens is 255 g/mol. The SMILES string of the molecule is N[C@]12CNC[C@H]1CN(c1ccccc1C(F)(F)F)C2. The molecule has 2 saturated heterocycles. The molecule has 0 aromatic heterocycles. The second kappa shape index (κ2) is 4.11. The second-order valence-corrected chi connectivity index (χ2v) is 5.46. The van der Waals surface area contributed by atoms with Gasteiger partial charge in [-0.25, -0.2) is 0 Å². The summed E-state index contributed by atoms with van der Waals surface area (Å²) in [7, 11) is 0. The molecule has 0 saturated carbocycles. The number of anilines is 1. The fourth-order valence-electron chi connectivity index (χ4n) is 3.12. The minimum Gasteiger partial charge on any atom is -0.369 e. The average Bonchev–Trinajstić information content (AvgIpc) is 2.82. The number of hydrogen-bond acceptors (Lipinski definition) is 3. The van der Waals surface area contributed by atoms with Crippen LogP contribution in [-0.4, -0.2) is 31.7 Å². The molecule has 104 valence electrons. The number of rotatable bonds is 1. The fraction of sp³-hybridized carbons (Fsp3) is 0.538. The topological polar surface area (TPSA) is 41.3 Å². The number of fused-ring (bicyclic) bond motifs is 1. The Balaban J connectivity index is 1.93. The lowest BCUT2D eigenvalue weighted by Gasteiger charge is -2.26. The van der Waals surface area contributed by atoms with E-state index in [9.17, 15) is 13.2 Å². The zero-order valence-corrected chi connectivity index (χ0v) is 10.4. The monoisotopic (exact) mass is 271 g/mol. The van der Waals surface area contributed by atoms with Crippen molar-refractivity contribution in [3.05, 3.63) is 29.8 Å². The first-order valence-electron chi connectivity index (χ1n) is 6.31. The molecule has 0 spiro atoms. The highest BCUT2D eigenvalue weighted by Gasteiger charge is 2.48. The lowest BCUT2D eigenvalue weighted by Crippen LogP contribution is -2.48. The number of hydrogen-bond donors (Lipinski definition) is 2. The molecular formula is C13H16F3N3. The van der Waals surface area contributed by atoms with E-state index >= 15 is 0 Å². The minimum absolute atomic E-state index is 0.216. The third-order valence-electron chi connectivity index (χ3n) is 4.13. The van der Waals surface area contributed by atoms with Crippen molar-refractivity contribution in [3.8, 4) is 0 Å². The maximum atomic E-state index is 13.0. The predicted molar refractivity (Wildman–Crippen MR) is 66.9 cm³/mol. The Hall–Kier alpha value is -1.27. The average molecular weight is 271 g/mol. The summed E-state index contributed by atoms with van der Waals surface area (Å²) in [5, 5.41) is 3.21. The molecule has 2 atom stereocenters. The molecule has 3 rings (SSSR count). The van der Waals surface area contributed by atoms with E-state index in [1.54, 1.807) is 11.0 Å². The van der Waals surface area contributed by atoms with Crippen molar-refractivity contribution >= 4 is 5.69 Å². The quantitative estimate of drug-likeness (QED) is 0.812. The van der Waals surface area contributed by atoms with Gasteiger partial charge >= 0.3 is 6.18 Å². The van der Waals surface area contributed by atoms with Crippen molar-refractivity contribution in [2.75, 3.05) is 31.1 Å². The number of nitrogens with one attached hydrogen (secondary N) is 1. The van der Waals surface area contributed by atoms with Crippen LogP contribution >= 0.6 is 0 Å². The molecule has 0 unspecified atom stereocenters. The predicted octanol–water partition coefficient (Wildman–Crippen LogP) is 1.44. The Labute approximate surface area is 109 Å². The maximum absolute atomic E-state index is 13.0. The summed E-state index contributed by atoms with van der Waals surface area (Å²) in [5.74, 6) is 0.216. The van der Waals surface area contributed by atoms with Crippen LogP contribution in [-0.2, 0) is 6.18 Å². The Bertz CT molecular complexity index is 488. The van der Waals surface area contributed by atoms with Crippen molar-refractivity contribution in [3.63, 3.8) is 0 Å². The van der Waals surface area contributed by atoms with Crippen molar-refractivity contribution in [1.82, 2.24) is 5.32 Å². The van der Waals surface area contributed by atoms with Gasteiger partial charge in [-0.15, -0.1) is 0 Å². The molecule has 1 aromatic rings. The number of benzene rings is 1. The third-order valence-corrected chi connectivity index (χ3v) is 4.13. The molecule has 0 radical (unpaired) electrons. The molecule has 2 aliphatic rings. The zero-order chi connectivity index (χ0) is 13.7. The number of nitrogens with zero attached hydrogens (tertiary/aromatic N) is 1. The van der Waals surface area contributed by atoms with Crippen LogP contribution in [0.25, 0.3) is 0 Å². The molecule has 2 aliphatic heterocycles. The van der Waals surface area contributed by atoms with Gasteiger partial charge in [0, 0.05) is 37.8 Å². The molecule has 0 aliphatic carbocycles. The van der Waals surface area contributed by atoms with Crippen LogP contribution in [0.5, 0.6) is 0 Å². The lowest BCUT2D eigenvalue weighted by molar-refractivity contribution is -0.137. The van der Waals surface area contributed by atoms with E-state index in [0.29, 0.717) is 19.6 Å². The second-order valence-electron chi connectivity index (χ2n) is 5.46. The summed E-state index contributed by atoms with van der Waals surface area (Å²) in [6.07, 6.45) is -4.33. The largest absolute Gasteiger partial charge is 0.418 e. The van der Waals surface area contributed by atoms with Gasteiger partial charge in [-0.1, -0.05) is 12.1 Å². The first-order valence-corrected chi connectivity index (χ1v) is 6.31. The third kappa shape index (κ3) is 2.08. The van der Waals surface area contributed by atoms with Crippen molar-refractivity contribution in [2.45, 2.75) is 11.7 Å². The molecule has 1 aromatic carbocycles. The molecule has 6 heteroatoms. The molecule has 3 nitrogen and oxygen atoms in total. The van der Waals surface area contributed by atoms with E-state index in [4.69, 9.17) is 5.73 Å². The highest BCUT2D eigenvalue weighted by Crippen LogP contribution is 2.40. The van der Waals surface area contributed by atoms with Crippen LogP contribution in [0, 0.1) is 5.92 Å².